The molecule has 0 spiro atoms. The van der Waals surface area contributed by atoms with Gasteiger partial charge in [0.25, 0.3) is 0 Å². The third-order valence-electron chi connectivity index (χ3n) is 2.79. The quantitative estimate of drug-likeness (QED) is 0.344. The first kappa shape index (κ1) is 10.3. The first-order chi connectivity index (χ1) is 6.24. The van der Waals surface area contributed by atoms with Crippen LogP contribution < -0.4 is 11.2 Å². The summed E-state index contributed by atoms with van der Waals surface area (Å²) in [6, 6.07) is 0.222. The number of nitrogens with one attached hydrogen (secondary N) is 1. The summed E-state index contributed by atoms with van der Waals surface area (Å²) in [5.74, 6) is 0.763. The van der Waals surface area contributed by atoms with Gasteiger partial charge in [-0.3, -0.25) is 5.21 Å². The van der Waals surface area contributed by atoms with E-state index >= 15 is 0 Å². The van der Waals surface area contributed by atoms with Crippen LogP contribution in [0.2, 0.25) is 0 Å². The van der Waals surface area contributed by atoms with Crippen LogP contribution in [0.5, 0.6) is 0 Å². The van der Waals surface area contributed by atoms with E-state index in [0.29, 0.717) is 5.92 Å². The number of nitrogens with two attached hydrogens (primary N) is 1. The smallest absolute Gasteiger partial charge is 0.213 e. The topological polar surface area (TPSA) is 70.6 Å². The van der Waals surface area contributed by atoms with Crippen molar-refractivity contribution in [1.82, 2.24) is 5.48 Å². The second kappa shape index (κ2) is 5.07. The zero-order valence-corrected chi connectivity index (χ0v) is 8.16. The molecule has 0 bridgehead atoms. The van der Waals surface area contributed by atoms with Crippen LogP contribution >= 0.6 is 0 Å². The summed E-state index contributed by atoms with van der Waals surface area (Å²) < 4.78 is 0. The molecule has 0 radical (unpaired) electrons. The van der Waals surface area contributed by atoms with Crippen molar-refractivity contribution in [2.75, 3.05) is 0 Å². The first-order valence-corrected chi connectivity index (χ1v) is 4.97. The Bertz CT molecular complexity index is 176. The van der Waals surface area contributed by atoms with Crippen LogP contribution in [0.3, 0.4) is 0 Å². The SMILES string of the molecule is CC(N=C(N)NO)C1CCCCC1. The van der Waals surface area contributed by atoms with Gasteiger partial charge in [0, 0.05) is 0 Å². The molecule has 1 fully saturated rings. The summed E-state index contributed by atoms with van der Waals surface area (Å²) in [6.45, 7) is 2.06. The normalized spacial score (nSPS) is 22.8. The van der Waals surface area contributed by atoms with Gasteiger partial charge in [-0.05, 0) is 25.7 Å². The molecule has 0 aromatic carbocycles. The molecule has 0 heterocycles. The van der Waals surface area contributed by atoms with Crippen LogP contribution in [-0.4, -0.2) is 17.2 Å². The lowest BCUT2D eigenvalue weighted by molar-refractivity contribution is 0.230. The Hall–Kier alpha value is -0.770. The van der Waals surface area contributed by atoms with Crippen molar-refractivity contribution in [1.29, 1.82) is 0 Å². The van der Waals surface area contributed by atoms with Gasteiger partial charge in [0.2, 0.25) is 5.96 Å². The molecule has 0 aromatic heterocycles. The van der Waals surface area contributed by atoms with Gasteiger partial charge in [-0.25, -0.2) is 10.5 Å². The molecule has 0 saturated heterocycles. The largest absolute Gasteiger partial charge is 0.368 e. The average molecular weight is 185 g/mol. The molecule has 1 aliphatic carbocycles. The summed E-state index contributed by atoms with van der Waals surface area (Å²) in [4.78, 5) is 4.15. The maximum Gasteiger partial charge on any atom is 0.213 e. The predicted octanol–water partition coefficient (Wildman–Crippen LogP) is 1.25. The average Bonchev–Trinajstić information content (AvgIpc) is 2.19. The minimum Gasteiger partial charge on any atom is -0.368 e. The Kier molecular flexibility index (Phi) is 4.02. The maximum absolute atomic E-state index is 8.48. The maximum atomic E-state index is 8.48. The van der Waals surface area contributed by atoms with Crippen molar-refractivity contribution in [2.24, 2.45) is 16.6 Å². The number of nitrogens with zero attached hydrogens (tertiary/aromatic N) is 1. The third-order valence-corrected chi connectivity index (χ3v) is 2.79. The van der Waals surface area contributed by atoms with Crippen LogP contribution in [0.1, 0.15) is 39.0 Å². The molecule has 1 rings (SSSR count). The van der Waals surface area contributed by atoms with Gasteiger partial charge in [0.05, 0.1) is 6.04 Å². The van der Waals surface area contributed by atoms with Gasteiger partial charge in [0.15, 0.2) is 0 Å². The molecule has 4 N–H and O–H groups in total. The molecule has 4 nitrogen and oxygen atoms in total. The van der Waals surface area contributed by atoms with Gasteiger partial charge in [-0.1, -0.05) is 19.3 Å². The Morgan fingerprint density at radius 2 is 2.08 bits per heavy atom. The summed E-state index contributed by atoms with van der Waals surface area (Å²) >= 11 is 0. The van der Waals surface area contributed by atoms with E-state index in [1.54, 1.807) is 0 Å². The molecule has 1 atom stereocenters. The van der Waals surface area contributed by atoms with Crippen molar-refractivity contribution in [3.63, 3.8) is 0 Å². The summed E-state index contributed by atoms with van der Waals surface area (Å²) in [7, 11) is 0. The van der Waals surface area contributed by atoms with E-state index in [-0.39, 0.29) is 12.0 Å². The highest BCUT2D eigenvalue weighted by molar-refractivity contribution is 5.76. The fraction of sp³-hybridized carbons (Fsp3) is 0.889. The van der Waals surface area contributed by atoms with Gasteiger partial charge in [-0.2, -0.15) is 0 Å². The number of hydrogen-bond acceptors (Lipinski definition) is 2. The Morgan fingerprint density at radius 1 is 1.46 bits per heavy atom. The fourth-order valence-corrected chi connectivity index (χ4v) is 1.97. The lowest BCUT2D eigenvalue weighted by Gasteiger charge is -2.25. The molecule has 0 aromatic rings. The summed E-state index contributed by atoms with van der Waals surface area (Å²) in [6.07, 6.45) is 6.43. The van der Waals surface area contributed by atoms with Crippen LogP contribution in [0.15, 0.2) is 4.99 Å². The molecular formula is C9H19N3O. The number of hydroxylamine groups is 1. The van der Waals surface area contributed by atoms with Crippen molar-refractivity contribution in [3.05, 3.63) is 0 Å². The molecule has 1 aliphatic rings. The zero-order chi connectivity index (χ0) is 9.68. The van der Waals surface area contributed by atoms with E-state index in [1.807, 2.05) is 5.48 Å². The number of aliphatic imine (C=N–C) groups is 1. The van der Waals surface area contributed by atoms with E-state index in [1.165, 1.54) is 32.1 Å². The summed E-state index contributed by atoms with van der Waals surface area (Å²) in [5.41, 5.74) is 7.23. The fourth-order valence-electron chi connectivity index (χ4n) is 1.97. The highest BCUT2D eigenvalue weighted by Crippen LogP contribution is 2.27. The number of rotatable bonds is 2. The Balaban J connectivity index is 2.41. The molecule has 0 aliphatic heterocycles. The van der Waals surface area contributed by atoms with Crippen LogP contribution in [0.4, 0.5) is 0 Å². The standard InChI is InChI=1S/C9H19N3O/c1-7(11-9(10)12-13)8-5-3-2-4-6-8/h7-8,13H,2-6H2,1H3,(H3,10,11,12). The van der Waals surface area contributed by atoms with Crippen molar-refractivity contribution >= 4 is 5.96 Å². The monoisotopic (exact) mass is 185 g/mol. The van der Waals surface area contributed by atoms with E-state index in [2.05, 4.69) is 11.9 Å². The molecule has 4 heteroatoms. The van der Waals surface area contributed by atoms with Crippen molar-refractivity contribution in [2.45, 2.75) is 45.1 Å². The third kappa shape index (κ3) is 3.22. The molecule has 1 saturated carbocycles. The van der Waals surface area contributed by atoms with E-state index < -0.39 is 0 Å². The van der Waals surface area contributed by atoms with Gasteiger partial charge in [-0.15, -0.1) is 0 Å². The van der Waals surface area contributed by atoms with E-state index in [9.17, 15) is 0 Å². The van der Waals surface area contributed by atoms with Crippen LogP contribution in [0.25, 0.3) is 0 Å². The lowest BCUT2D eigenvalue weighted by Crippen LogP contribution is -2.31. The minimum absolute atomic E-state index is 0.123. The summed E-state index contributed by atoms with van der Waals surface area (Å²) in [5, 5.41) is 8.48. The van der Waals surface area contributed by atoms with Gasteiger partial charge in [0.1, 0.15) is 0 Å². The first-order valence-electron chi connectivity index (χ1n) is 4.97. The zero-order valence-electron chi connectivity index (χ0n) is 8.16. The molecule has 1 unspecified atom stereocenters. The molecular weight excluding hydrogens is 166 g/mol. The minimum atomic E-state index is 0.123. The van der Waals surface area contributed by atoms with Crippen LogP contribution in [0, 0.1) is 5.92 Å². The molecule has 13 heavy (non-hydrogen) atoms. The highest BCUT2D eigenvalue weighted by Gasteiger charge is 2.19. The predicted molar refractivity (Wildman–Crippen MR) is 52.6 cm³/mol. The van der Waals surface area contributed by atoms with Crippen molar-refractivity contribution in [3.8, 4) is 0 Å². The molecule has 0 amide bonds. The lowest BCUT2D eigenvalue weighted by atomic mass is 9.85. The van der Waals surface area contributed by atoms with Crippen molar-refractivity contribution < 1.29 is 5.21 Å². The van der Waals surface area contributed by atoms with Gasteiger partial charge < -0.3 is 5.73 Å². The number of guanidine groups is 1. The Labute approximate surface area is 79.2 Å². The Morgan fingerprint density at radius 3 is 2.62 bits per heavy atom. The molecule has 76 valence electrons. The van der Waals surface area contributed by atoms with E-state index in [4.69, 9.17) is 10.9 Å². The number of hydrogen-bond donors (Lipinski definition) is 3. The highest BCUT2D eigenvalue weighted by atomic mass is 16.5. The van der Waals surface area contributed by atoms with E-state index in [0.717, 1.165) is 0 Å². The second-order valence-electron chi connectivity index (χ2n) is 3.76. The second-order valence-corrected chi connectivity index (χ2v) is 3.76. The van der Waals surface area contributed by atoms with Crippen LogP contribution in [-0.2, 0) is 0 Å². The van der Waals surface area contributed by atoms with Gasteiger partial charge >= 0.3 is 0 Å².